The highest BCUT2D eigenvalue weighted by atomic mass is 35.5. The normalized spacial score (nSPS) is 9.94. The molecule has 4 nitrogen and oxygen atoms in total. The Balaban J connectivity index is 2.44. The molecule has 0 aliphatic rings. The molecule has 17 heavy (non-hydrogen) atoms. The smallest absolute Gasteiger partial charge is 0.219 e. The van der Waals surface area contributed by atoms with Crippen molar-refractivity contribution < 1.29 is 4.79 Å². The number of aromatic nitrogens is 1. The zero-order valence-electron chi connectivity index (χ0n) is 8.88. The summed E-state index contributed by atoms with van der Waals surface area (Å²) >= 11 is 5.79. The van der Waals surface area contributed by atoms with Gasteiger partial charge in [0.05, 0.1) is 11.4 Å². The first kappa shape index (κ1) is 11.4. The number of pyridine rings is 1. The van der Waals surface area contributed by atoms with Crippen LogP contribution in [-0.2, 0) is 4.79 Å². The van der Waals surface area contributed by atoms with E-state index in [1.165, 1.54) is 4.90 Å². The van der Waals surface area contributed by atoms with Gasteiger partial charge >= 0.3 is 0 Å². The first-order chi connectivity index (χ1) is 8.22. The fourth-order valence-corrected chi connectivity index (χ4v) is 1.57. The molecule has 1 amide bonds. The van der Waals surface area contributed by atoms with Gasteiger partial charge < -0.3 is 5.73 Å². The Bertz CT molecular complexity index is 528. The first-order valence-corrected chi connectivity index (χ1v) is 5.31. The number of anilines is 3. The van der Waals surface area contributed by atoms with Crippen molar-refractivity contribution in [2.75, 3.05) is 10.6 Å². The van der Waals surface area contributed by atoms with Crippen LogP contribution in [0.1, 0.15) is 0 Å². The molecule has 0 aliphatic carbocycles. The SMILES string of the molecule is Nc1cccnc1N(C=O)c1ccc(Cl)cc1. The molecule has 0 aliphatic heterocycles. The highest BCUT2D eigenvalue weighted by molar-refractivity contribution is 6.30. The van der Waals surface area contributed by atoms with Crippen molar-refractivity contribution in [2.45, 2.75) is 0 Å². The average molecular weight is 248 g/mol. The molecule has 86 valence electrons. The Morgan fingerprint density at radius 3 is 2.53 bits per heavy atom. The van der Waals surface area contributed by atoms with Gasteiger partial charge in [0.1, 0.15) is 0 Å². The summed E-state index contributed by atoms with van der Waals surface area (Å²) in [7, 11) is 0. The van der Waals surface area contributed by atoms with E-state index in [1.54, 1.807) is 42.6 Å². The molecule has 0 unspecified atom stereocenters. The lowest BCUT2D eigenvalue weighted by atomic mass is 10.3. The van der Waals surface area contributed by atoms with E-state index >= 15 is 0 Å². The van der Waals surface area contributed by atoms with E-state index in [0.29, 0.717) is 28.6 Å². The van der Waals surface area contributed by atoms with Crippen molar-refractivity contribution in [1.82, 2.24) is 4.98 Å². The predicted molar refractivity (Wildman–Crippen MR) is 68.3 cm³/mol. The van der Waals surface area contributed by atoms with Gasteiger partial charge in [-0.2, -0.15) is 0 Å². The monoisotopic (exact) mass is 247 g/mol. The maximum atomic E-state index is 11.1. The second-order valence-electron chi connectivity index (χ2n) is 3.37. The van der Waals surface area contributed by atoms with Crippen LogP contribution in [0.25, 0.3) is 0 Å². The number of benzene rings is 1. The second kappa shape index (κ2) is 4.84. The average Bonchev–Trinajstić information content (AvgIpc) is 2.35. The van der Waals surface area contributed by atoms with Crippen molar-refractivity contribution in [3.05, 3.63) is 47.6 Å². The number of nitrogens with two attached hydrogens (primary N) is 1. The lowest BCUT2D eigenvalue weighted by Crippen LogP contribution is -2.16. The molecular formula is C12H10ClN3O. The summed E-state index contributed by atoms with van der Waals surface area (Å²) in [5.41, 5.74) is 6.88. The van der Waals surface area contributed by atoms with Crippen molar-refractivity contribution >= 4 is 35.2 Å². The molecule has 2 aromatic rings. The minimum atomic E-state index is 0.407. The predicted octanol–water partition coefficient (Wildman–Crippen LogP) is 2.61. The summed E-state index contributed by atoms with van der Waals surface area (Å²) < 4.78 is 0. The van der Waals surface area contributed by atoms with Crippen molar-refractivity contribution in [3.8, 4) is 0 Å². The largest absolute Gasteiger partial charge is 0.396 e. The molecule has 0 saturated carbocycles. The number of nitrogen functional groups attached to an aromatic ring is 1. The van der Waals surface area contributed by atoms with E-state index in [4.69, 9.17) is 17.3 Å². The molecule has 0 radical (unpaired) electrons. The van der Waals surface area contributed by atoms with E-state index in [0.717, 1.165) is 0 Å². The highest BCUT2D eigenvalue weighted by Gasteiger charge is 2.11. The summed E-state index contributed by atoms with van der Waals surface area (Å²) in [5.74, 6) is 0.407. The van der Waals surface area contributed by atoms with Crippen molar-refractivity contribution in [1.29, 1.82) is 0 Å². The fraction of sp³-hybridized carbons (Fsp3) is 0. The Morgan fingerprint density at radius 1 is 1.24 bits per heavy atom. The van der Waals surface area contributed by atoms with Crippen LogP contribution < -0.4 is 10.6 Å². The molecule has 0 atom stereocenters. The Hall–Kier alpha value is -2.07. The van der Waals surface area contributed by atoms with Crippen LogP contribution in [-0.4, -0.2) is 11.4 Å². The third kappa shape index (κ3) is 2.37. The molecule has 0 fully saturated rings. The first-order valence-electron chi connectivity index (χ1n) is 4.93. The van der Waals surface area contributed by atoms with Gasteiger partial charge in [-0.25, -0.2) is 4.98 Å². The maximum Gasteiger partial charge on any atom is 0.219 e. The third-order valence-electron chi connectivity index (χ3n) is 2.26. The summed E-state index contributed by atoms with van der Waals surface area (Å²) in [4.78, 5) is 16.6. The van der Waals surface area contributed by atoms with Crippen LogP contribution in [0.15, 0.2) is 42.6 Å². The summed E-state index contributed by atoms with van der Waals surface area (Å²) in [5, 5.41) is 0.605. The number of hydrogen-bond acceptors (Lipinski definition) is 3. The van der Waals surface area contributed by atoms with Crippen molar-refractivity contribution in [2.24, 2.45) is 0 Å². The summed E-state index contributed by atoms with van der Waals surface area (Å²) in [6.07, 6.45) is 2.25. The molecule has 0 spiro atoms. The Labute approximate surface area is 104 Å². The van der Waals surface area contributed by atoms with Gasteiger partial charge in [0.2, 0.25) is 6.41 Å². The molecule has 1 aromatic carbocycles. The van der Waals surface area contributed by atoms with Crippen molar-refractivity contribution in [3.63, 3.8) is 0 Å². The lowest BCUT2D eigenvalue weighted by Gasteiger charge is -2.17. The van der Waals surface area contributed by atoms with Gasteiger partial charge in [-0.3, -0.25) is 9.69 Å². The zero-order valence-corrected chi connectivity index (χ0v) is 9.63. The second-order valence-corrected chi connectivity index (χ2v) is 3.80. The number of halogens is 1. The summed E-state index contributed by atoms with van der Waals surface area (Å²) in [6.45, 7) is 0. The van der Waals surface area contributed by atoms with Gasteiger partial charge in [-0.1, -0.05) is 11.6 Å². The van der Waals surface area contributed by atoms with Gasteiger partial charge in [0.15, 0.2) is 5.82 Å². The number of rotatable bonds is 3. The quantitative estimate of drug-likeness (QED) is 0.849. The molecule has 5 heteroatoms. The molecule has 0 saturated heterocycles. The van der Waals surface area contributed by atoms with Crippen LogP contribution >= 0.6 is 11.6 Å². The van der Waals surface area contributed by atoms with Crippen LogP contribution in [0.3, 0.4) is 0 Å². The van der Waals surface area contributed by atoms with Gasteiger partial charge in [-0.05, 0) is 36.4 Å². The molecular weight excluding hydrogens is 238 g/mol. The van der Waals surface area contributed by atoms with Crippen LogP contribution in [0.4, 0.5) is 17.2 Å². The minimum absolute atomic E-state index is 0.407. The maximum absolute atomic E-state index is 11.1. The third-order valence-corrected chi connectivity index (χ3v) is 2.51. The fourth-order valence-electron chi connectivity index (χ4n) is 1.45. The minimum Gasteiger partial charge on any atom is -0.396 e. The van der Waals surface area contributed by atoms with E-state index in [2.05, 4.69) is 4.98 Å². The van der Waals surface area contributed by atoms with Crippen LogP contribution in [0.2, 0.25) is 5.02 Å². The zero-order chi connectivity index (χ0) is 12.3. The van der Waals surface area contributed by atoms with Crippen LogP contribution in [0, 0.1) is 0 Å². The number of carbonyl (C=O) groups is 1. The van der Waals surface area contributed by atoms with Gasteiger partial charge in [0, 0.05) is 11.2 Å². The number of carbonyl (C=O) groups excluding carboxylic acids is 1. The number of nitrogens with zero attached hydrogens (tertiary/aromatic N) is 2. The van der Waals surface area contributed by atoms with E-state index in [9.17, 15) is 4.79 Å². The molecule has 1 aromatic heterocycles. The Kier molecular flexibility index (Phi) is 3.25. The van der Waals surface area contributed by atoms with E-state index in [-0.39, 0.29) is 0 Å². The highest BCUT2D eigenvalue weighted by Crippen LogP contribution is 2.27. The van der Waals surface area contributed by atoms with Gasteiger partial charge in [0.25, 0.3) is 0 Å². The Morgan fingerprint density at radius 2 is 1.94 bits per heavy atom. The molecule has 0 bridgehead atoms. The molecule has 2 rings (SSSR count). The number of amides is 1. The van der Waals surface area contributed by atoms with E-state index < -0.39 is 0 Å². The van der Waals surface area contributed by atoms with Crippen LogP contribution in [0.5, 0.6) is 0 Å². The number of hydrogen-bond donors (Lipinski definition) is 1. The lowest BCUT2D eigenvalue weighted by molar-refractivity contribution is -0.106. The molecule has 1 heterocycles. The van der Waals surface area contributed by atoms with Gasteiger partial charge in [-0.15, -0.1) is 0 Å². The topological polar surface area (TPSA) is 59.2 Å². The van der Waals surface area contributed by atoms with E-state index in [1.807, 2.05) is 0 Å². The molecule has 2 N–H and O–H groups in total. The standard InChI is InChI=1S/C12H10ClN3O/c13-9-3-5-10(6-4-9)16(8-17)12-11(14)2-1-7-15-12/h1-8H,14H2. The summed E-state index contributed by atoms with van der Waals surface area (Å²) in [6, 6.07) is 10.3.